The van der Waals surface area contributed by atoms with Crippen LogP contribution in [-0.2, 0) is 14.3 Å². The van der Waals surface area contributed by atoms with Crippen LogP contribution in [-0.4, -0.2) is 72.3 Å². The van der Waals surface area contributed by atoms with Crippen LogP contribution in [0.5, 0.6) is 0 Å². The van der Waals surface area contributed by atoms with E-state index in [1.807, 2.05) is 6.92 Å². The second kappa shape index (κ2) is 8.34. The largest absolute Gasteiger partial charge is 0.481 e. The summed E-state index contributed by atoms with van der Waals surface area (Å²) in [5.74, 6) is -0.846. The lowest BCUT2D eigenvalue weighted by atomic mass is 10.3. The zero-order valence-electron chi connectivity index (χ0n) is 10.6. The van der Waals surface area contributed by atoms with Gasteiger partial charge in [-0.25, -0.2) is 0 Å². The fourth-order valence-electron chi connectivity index (χ4n) is 1.76. The summed E-state index contributed by atoms with van der Waals surface area (Å²) < 4.78 is 5.25. The van der Waals surface area contributed by atoms with E-state index in [4.69, 9.17) is 9.84 Å². The van der Waals surface area contributed by atoms with Gasteiger partial charge >= 0.3 is 5.97 Å². The first kappa shape index (κ1) is 15.3. The predicted octanol–water partition coefficient (Wildman–Crippen LogP) is -0.359. The summed E-state index contributed by atoms with van der Waals surface area (Å²) in [5.41, 5.74) is 0. The molecule has 1 saturated heterocycles. The number of aliphatic carboxylic acids is 1. The molecular formula is C11H20N2O4S. The lowest BCUT2D eigenvalue weighted by Crippen LogP contribution is -2.46. The minimum atomic E-state index is -0.894. The smallest absolute Gasteiger partial charge is 0.313 e. The molecule has 0 spiro atoms. The molecule has 0 aliphatic carbocycles. The number of carbonyl (C=O) groups excluding carboxylic acids is 1. The number of ether oxygens (including phenoxy) is 1. The van der Waals surface area contributed by atoms with Crippen molar-refractivity contribution in [2.24, 2.45) is 0 Å². The fourth-order valence-corrected chi connectivity index (χ4v) is 2.31. The Hall–Kier alpha value is -0.790. The highest BCUT2D eigenvalue weighted by atomic mass is 32.2. The van der Waals surface area contributed by atoms with Gasteiger partial charge in [0.15, 0.2) is 0 Å². The maximum absolute atomic E-state index is 11.5. The summed E-state index contributed by atoms with van der Waals surface area (Å²) in [7, 11) is 0. The summed E-state index contributed by atoms with van der Waals surface area (Å²) in [6.45, 7) is 6.04. The van der Waals surface area contributed by atoms with Crippen molar-refractivity contribution < 1.29 is 19.4 Å². The Balaban J connectivity index is 2.12. The van der Waals surface area contributed by atoms with Gasteiger partial charge in [0.1, 0.15) is 0 Å². The molecule has 1 rings (SSSR count). The quantitative estimate of drug-likeness (QED) is 0.661. The normalized spacial score (nSPS) is 18.3. The van der Waals surface area contributed by atoms with Crippen molar-refractivity contribution in [3.63, 3.8) is 0 Å². The summed E-state index contributed by atoms with van der Waals surface area (Å²) in [6.07, 6.45) is 0. The van der Waals surface area contributed by atoms with Gasteiger partial charge in [0, 0.05) is 25.7 Å². The molecule has 0 saturated carbocycles. The molecule has 0 aromatic carbocycles. The highest BCUT2D eigenvalue weighted by Crippen LogP contribution is 2.01. The van der Waals surface area contributed by atoms with Gasteiger partial charge in [-0.1, -0.05) is 0 Å². The van der Waals surface area contributed by atoms with E-state index in [0.717, 1.165) is 44.6 Å². The highest BCUT2D eigenvalue weighted by molar-refractivity contribution is 8.00. The minimum absolute atomic E-state index is 0.0364. The van der Waals surface area contributed by atoms with Gasteiger partial charge in [-0.2, -0.15) is 0 Å². The standard InChI is InChI=1S/C11H20N2O4S/c1-9(6-13-2-4-17-5-3-13)12-10(14)7-18-8-11(15)16/h9H,2-8H2,1H3,(H,12,14)(H,15,16). The first-order valence-electron chi connectivity index (χ1n) is 5.97. The van der Waals surface area contributed by atoms with E-state index in [1.54, 1.807) is 0 Å². The van der Waals surface area contributed by atoms with E-state index >= 15 is 0 Å². The summed E-state index contributed by atoms with van der Waals surface area (Å²) in [4.78, 5) is 24.1. The lowest BCUT2D eigenvalue weighted by Gasteiger charge is -2.29. The zero-order valence-corrected chi connectivity index (χ0v) is 11.4. The van der Waals surface area contributed by atoms with Crippen LogP contribution in [0.25, 0.3) is 0 Å². The topological polar surface area (TPSA) is 78.9 Å². The average Bonchev–Trinajstić information content (AvgIpc) is 2.29. The van der Waals surface area contributed by atoms with Crippen molar-refractivity contribution in [2.75, 3.05) is 44.4 Å². The molecule has 1 atom stereocenters. The molecule has 0 radical (unpaired) electrons. The number of rotatable bonds is 7. The summed E-state index contributed by atoms with van der Waals surface area (Å²) in [6, 6.07) is 0.0704. The van der Waals surface area contributed by atoms with E-state index in [-0.39, 0.29) is 23.5 Å². The van der Waals surface area contributed by atoms with Crippen molar-refractivity contribution in [1.82, 2.24) is 10.2 Å². The first-order valence-corrected chi connectivity index (χ1v) is 7.12. The number of thioether (sulfide) groups is 1. The molecule has 1 aliphatic rings. The van der Waals surface area contributed by atoms with E-state index in [0.29, 0.717) is 0 Å². The van der Waals surface area contributed by atoms with Crippen LogP contribution in [0.1, 0.15) is 6.92 Å². The van der Waals surface area contributed by atoms with Gasteiger partial charge in [0.05, 0.1) is 24.7 Å². The molecule has 1 fully saturated rings. The number of morpholine rings is 1. The Morgan fingerprint density at radius 3 is 2.67 bits per heavy atom. The van der Waals surface area contributed by atoms with E-state index < -0.39 is 5.97 Å². The van der Waals surface area contributed by atoms with Crippen LogP contribution < -0.4 is 5.32 Å². The number of nitrogens with one attached hydrogen (secondary N) is 1. The van der Waals surface area contributed by atoms with E-state index in [9.17, 15) is 9.59 Å². The molecule has 1 aliphatic heterocycles. The van der Waals surface area contributed by atoms with Gasteiger partial charge in [0.25, 0.3) is 0 Å². The number of amides is 1. The van der Waals surface area contributed by atoms with Crippen LogP contribution in [0.4, 0.5) is 0 Å². The van der Waals surface area contributed by atoms with Crippen LogP contribution in [0, 0.1) is 0 Å². The van der Waals surface area contributed by atoms with Crippen molar-refractivity contribution >= 4 is 23.6 Å². The second-order valence-electron chi connectivity index (χ2n) is 4.27. The summed E-state index contributed by atoms with van der Waals surface area (Å²) in [5, 5.41) is 11.3. The molecule has 1 heterocycles. The Morgan fingerprint density at radius 2 is 2.06 bits per heavy atom. The van der Waals surface area contributed by atoms with Gasteiger partial charge < -0.3 is 15.2 Å². The van der Waals surface area contributed by atoms with E-state index in [1.165, 1.54) is 0 Å². The summed E-state index contributed by atoms with van der Waals surface area (Å²) >= 11 is 1.11. The Bertz CT molecular complexity index is 282. The van der Waals surface area contributed by atoms with Crippen LogP contribution in [0.2, 0.25) is 0 Å². The number of carboxylic acids is 1. The highest BCUT2D eigenvalue weighted by Gasteiger charge is 2.15. The maximum Gasteiger partial charge on any atom is 0.313 e. The molecule has 0 aromatic rings. The third kappa shape index (κ3) is 6.83. The minimum Gasteiger partial charge on any atom is -0.481 e. The molecule has 0 aromatic heterocycles. The Labute approximate surface area is 111 Å². The fraction of sp³-hybridized carbons (Fsp3) is 0.818. The van der Waals surface area contributed by atoms with Crippen molar-refractivity contribution in [3.8, 4) is 0 Å². The third-order valence-corrected chi connectivity index (χ3v) is 3.42. The van der Waals surface area contributed by atoms with Gasteiger partial charge in [-0.05, 0) is 6.92 Å². The van der Waals surface area contributed by atoms with Crippen molar-refractivity contribution in [2.45, 2.75) is 13.0 Å². The van der Waals surface area contributed by atoms with Gasteiger partial charge in [0.2, 0.25) is 5.91 Å². The lowest BCUT2D eigenvalue weighted by molar-refractivity contribution is -0.133. The van der Waals surface area contributed by atoms with E-state index in [2.05, 4.69) is 10.2 Å². The van der Waals surface area contributed by atoms with Crippen molar-refractivity contribution in [3.05, 3.63) is 0 Å². The Kier molecular flexibility index (Phi) is 7.07. The zero-order chi connectivity index (χ0) is 13.4. The molecule has 6 nitrogen and oxygen atoms in total. The molecule has 1 amide bonds. The SMILES string of the molecule is CC(CN1CCOCC1)NC(=O)CSCC(=O)O. The van der Waals surface area contributed by atoms with Crippen LogP contribution in [0.15, 0.2) is 0 Å². The predicted molar refractivity (Wildman–Crippen MR) is 69.8 cm³/mol. The monoisotopic (exact) mass is 276 g/mol. The maximum atomic E-state index is 11.5. The molecule has 7 heteroatoms. The number of carboxylic acid groups (broad SMARTS) is 1. The molecule has 0 bridgehead atoms. The number of carbonyl (C=O) groups is 2. The second-order valence-corrected chi connectivity index (χ2v) is 5.25. The van der Waals surface area contributed by atoms with Crippen molar-refractivity contribution in [1.29, 1.82) is 0 Å². The molecule has 18 heavy (non-hydrogen) atoms. The first-order chi connectivity index (χ1) is 8.58. The van der Waals surface area contributed by atoms with Gasteiger partial charge in [-0.15, -0.1) is 11.8 Å². The Morgan fingerprint density at radius 1 is 1.39 bits per heavy atom. The van der Waals surface area contributed by atoms with Crippen LogP contribution >= 0.6 is 11.8 Å². The van der Waals surface area contributed by atoms with Gasteiger partial charge in [-0.3, -0.25) is 14.5 Å². The molecular weight excluding hydrogens is 256 g/mol. The average molecular weight is 276 g/mol. The molecule has 104 valence electrons. The number of nitrogens with zero attached hydrogens (tertiary/aromatic N) is 1. The number of hydrogen-bond acceptors (Lipinski definition) is 5. The molecule has 2 N–H and O–H groups in total. The number of hydrogen-bond donors (Lipinski definition) is 2. The third-order valence-electron chi connectivity index (χ3n) is 2.50. The van der Waals surface area contributed by atoms with Crippen LogP contribution in [0.3, 0.4) is 0 Å². The molecule has 1 unspecified atom stereocenters.